The fourth-order valence-corrected chi connectivity index (χ4v) is 4.87. The van der Waals surface area contributed by atoms with E-state index < -0.39 is 11.9 Å². The van der Waals surface area contributed by atoms with Crippen molar-refractivity contribution in [2.45, 2.75) is 64.5 Å². The Labute approximate surface area is 216 Å². The zero-order valence-electron chi connectivity index (χ0n) is 22.0. The van der Waals surface area contributed by atoms with E-state index in [9.17, 15) is 4.79 Å². The molecule has 4 N–H and O–H groups in total. The molecule has 36 heavy (non-hydrogen) atoms. The number of hydroxylamine groups is 1. The number of allylic oxidation sites excluding steroid dienone is 2. The maximum atomic E-state index is 11.8. The standard InChI is InChI=1S/C28H36N4O2.C2H6/c1-32(25-5-3-2-4-6-25)20-23-11-9-21(10-12-23)7-8-22-13-15-24(16-14-22)26-17-18-29-19-27(30-26)28(33)31-34;1-2/h9,11-17,21,25,27,29-30,34H,2-6,10,18-20H2,1H3,(H,31,33);1-2H3. The van der Waals surface area contributed by atoms with Crippen LogP contribution in [0.5, 0.6) is 0 Å². The van der Waals surface area contributed by atoms with E-state index in [2.05, 4.69) is 52.7 Å². The minimum Gasteiger partial charge on any atom is -0.372 e. The van der Waals surface area contributed by atoms with Gasteiger partial charge >= 0.3 is 0 Å². The molecular formula is C30H42N4O2. The smallest absolute Gasteiger partial charge is 0.267 e. The zero-order valence-corrected chi connectivity index (χ0v) is 22.0. The van der Waals surface area contributed by atoms with Gasteiger partial charge in [-0.3, -0.25) is 14.9 Å². The van der Waals surface area contributed by atoms with E-state index in [0.29, 0.717) is 13.1 Å². The number of amides is 1. The van der Waals surface area contributed by atoms with Crippen LogP contribution in [0.2, 0.25) is 0 Å². The van der Waals surface area contributed by atoms with Gasteiger partial charge in [0, 0.05) is 42.9 Å². The van der Waals surface area contributed by atoms with Gasteiger partial charge in [0.25, 0.3) is 5.91 Å². The second kappa shape index (κ2) is 14.6. The molecular weight excluding hydrogens is 448 g/mol. The molecule has 0 bridgehead atoms. The zero-order chi connectivity index (χ0) is 25.8. The molecule has 0 aromatic heterocycles. The van der Waals surface area contributed by atoms with Crippen LogP contribution in [0.3, 0.4) is 0 Å². The highest BCUT2D eigenvalue weighted by molar-refractivity contribution is 5.83. The summed E-state index contributed by atoms with van der Waals surface area (Å²) in [5.41, 5.74) is 5.95. The fourth-order valence-electron chi connectivity index (χ4n) is 4.87. The molecule has 1 aromatic rings. The molecule has 6 heteroatoms. The highest BCUT2D eigenvalue weighted by Gasteiger charge is 2.21. The lowest BCUT2D eigenvalue weighted by Gasteiger charge is -2.31. The third-order valence-electron chi connectivity index (χ3n) is 6.96. The lowest BCUT2D eigenvalue weighted by molar-refractivity contribution is -0.130. The highest BCUT2D eigenvalue weighted by Crippen LogP contribution is 2.24. The van der Waals surface area contributed by atoms with Crippen molar-refractivity contribution in [3.05, 3.63) is 65.3 Å². The minimum absolute atomic E-state index is 0.249. The SMILES string of the molecule is CC.CN(CC1=CCC(C#Cc2ccc(C3=CCNCC(C(=O)NO)N3)cc2)C=C1)C1CCCCC1. The summed E-state index contributed by atoms with van der Waals surface area (Å²) in [6, 6.07) is 8.25. The number of nitrogens with one attached hydrogen (secondary N) is 3. The van der Waals surface area contributed by atoms with Gasteiger partial charge < -0.3 is 10.6 Å². The van der Waals surface area contributed by atoms with E-state index in [-0.39, 0.29) is 5.92 Å². The van der Waals surface area contributed by atoms with Gasteiger partial charge in [-0.15, -0.1) is 0 Å². The maximum Gasteiger partial charge on any atom is 0.267 e. The Morgan fingerprint density at radius 3 is 2.56 bits per heavy atom. The van der Waals surface area contributed by atoms with E-state index in [1.165, 1.54) is 37.7 Å². The molecule has 1 heterocycles. The molecule has 0 saturated heterocycles. The molecule has 6 nitrogen and oxygen atoms in total. The Balaban J connectivity index is 0.00000176. The Morgan fingerprint density at radius 2 is 1.89 bits per heavy atom. The van der Waals surface area contributed by atoms with E-state index in [1.807, 2.05) is 44.2 Å². The van der Waals surface area contributed by atoms with Crippen LogP contribution in [0.4, 0.5) is 0 Å². The number of likely N-dealkylation sites (N-methyl/N-ethyl adjacent to an activating group) is 1. The summed E-state index contributed by atoms with van der Waals surface area (Å²) >= 11 is 0. The van der Waals surface area contributed by atoms with Crippen molar-refractivity contribution < 1.29 is 10.0 Å². The molecule has 2 atom stereocenters. The summed E-state index contributed by atoms with van der Waals surface area (Å²) in [6.45, 7) is 6.12. The van der Waals surface area contributed by atoms with Gasteiger partial charge in [-0.2, -0.15) is 0 Å². The van der Waals surface area contributed by atoms with Crippen LogP contribution in [0.1, 0.15) is 63.5 Å². The van der Waals surface area contributed by atoms with Crippen molar-refractivity contribution in [3.8, 4) is 11.8 Å². The first-order chi connectivity index (χ1) is 17.6. The number of benzene rings is 1. The summed E-state index contributed by atoms with van der Waals surface area (Å²) in [5, 5.41) is 15.3. The predicted octanol–water partition coefficient (Wildman–Crippen LogP) is 4.24. The second-order valence-electron chi connectivity index (χ2n) is 9.48. The Bertz CT molecular complexity index is 994. The van der Waals surface area contributed by atoms with Gasteiger partial charge in [-0.25, -0.2) is 5.48 Å². The van der Waals surface area contributed by atoms with Crippen molar-refractivity contribution in [1.29, 1.82) is 0 Å². The second-order valence-corrected chi connectivity index (χ2v) is 9.48. The molecule has 0 spiro atoms. The third kappa shape index (κ3) is 8.09. The molecule has 0 radical (unpaired) electrons. The molecule has 1 saturated carbocycles. The van der Waals surface area contributed by atoms with Crippen molar-refractivity contribution in [2.24, 2.45) is 5.92 Å². The highest BCUT2D eigenvalue weighted by atomic mass is 16.5. The Kier molecular flexibility index (Phi) is 11.3. The maximum absolute atomic E-state index is 11.8. The van der Waals surface area contributed by atoms with E-state index >= 15 is 0 Å². The van der Waals surface area contributed by atoms with Gasteiger partial charge in [-0.1, -0.05) is 75.3 Å². The number of hydrogen-bond acceptors (Lipinski definition) is 5. The van der Waals surface area contributed by atoms with Crippen LogP contribution < -0.4 is 16.1 Å². The average Bonchev–Trinajstić information content (AvgIpc) is 3.21. The molecule has 1 aromatic carbocycles. The number of nitrogens with zero attached hydrogens (tertiary/aromatic N) is 1. The van der Waals surface area contributed by atoms with Gasteiger partial charge in [0.05, 0.1) is 0 Å². The number of rotatable bonds is 5. The minimum atomic E-state index is -0.531. The molecule has 1 fully saturated rings. The third-order valence-corrected chi connectivity index (χ3v) is 6.96. The van der Waals surface area contributed by atoms with Crippen molar-refractivity contribution >= 4 is 11.6 Å². The number of hydrogen-bond donors (Lipinski definition) is 4. The van der Waals surface area contributed by atoms with Crippen LogP contribution in [0.25, 0.3) is 5.70 Å². The molecule has 2 unspecified atom stereocenters. The molecule has 3 aliphatic rings. The summed E-state index contributed by atoms with van der Waals surface area (Å²) in [7, 11) is 2.26. The van der Waals surface area contributed by atoms with Crippen LogP contribution in [-0.4, -0.2) is 54.8 Å². The molecule has 1 amide bonds. The van der Waals surface area contributed by atoms with E-state index in [1.54, 1.807) is 5.48 Å². The monoisotopic (exact) mass is 490 g/mol. The van der Waals surface area contributed by atoms with Crippen LogP contribution >= 0.6 is 0 Å². The van der Waals surface area contributed by atoms with Gasteiger partial charge in [-0.05, 0) is 55.7 Å². The summed E-state index contributed by atoms with van der Waals surface area (Å²) in [6.07, 6.45) is 16.6. The number of carbonyl (C=O) groups excluding carboxylic acids is 1. The largest absolute Gasteiger partial charge is 0.372 e. The van der Waals surface area contributed by atoms with Crippen LogP contribution in [0, 0.1) is 17.8 Å². The lowest BCUT2D eigenvalue weighted by atomic mass is 9.93. The van der Waals surface area contributed by atoms with Gasteiger partial charge in [0.15, 0.2) is 0 Å². The Morgan fingerprint density at radius 1 is 1.14 bits per heavy atom. The number of carbonyl (C=O) groups is 1. The summed E-state index contributed by atoms with van der Waals surface area (Å²) in [4.78, 5) is 14.3. The van der Waals surface area contributed by atoms with Gasteiger partial charge in [0.1, 0.15) is 6.04 Å². The first-order valence-electron chi connectivity index (χ1n) is 13.4. The van der Waals surface area contributed by atoms with Crippen LogP contribution in [-0.2, 0) is 4.79 Å². The molecule has 2 aliphatic carbocycles. The summed E-state index contributed by atoms with van der Waals surface area (Å²) in [5.74, 6) is 6.50. The van der Waals surface area contributed by atoms with Crippen molar-refractivity contribution in [3.63, 3.8) is 0 Å². The van der Waals surface area contributed by atoms with Crippen molar-refractivity contribution in [2.75, 3.05) is 26.7 Å². The lowest BCUT2D eigenvalue weighted by Crippen LogP contribution is -2.47. The molecule has 1 aliphatic heterocycles. The fraction of sp³-hybridized carbons (Fsp3) is 0.500. The van der Waals surface area contributed by atoms with E-state index in [0.717, 1.165) is 35.8 Å². The molecule has 4 rings (SSSR count). The van der Waals surface area contributed by atoms with Crippen LogP contribution in [0.15, 0.2) is 54.1 Å². The molecule has 194 valence electrons. The first-order valence-corrected chi connectivity index (χ1v) is 13.4. The van der Waals surface area contributed by atoms with Crippen molar-refractivity contribution in [1.82, 2.24) is 21.0 Å². The predicted molar refractivity (Wildman–Crippen MR) is 147 cm³/mol. The first kappa shape index (κ1) is 27.7. The van der Waals surface area contributed by atoms with E-state index in [4.69, 9.17) is 5.21 Å². The Hall–Kier alpha value is -2.85. The average molecular weight is 491 g/mol. The normalized spacial score (nSPS) is 22.0. The summed E-state index contributed by atoms with van der Waals surface area (Å²) < 4.78 is 0. The topological polar surface area (TPSA) is 76.6 Å². The van der Waals surface area contributed by atoms with Gasteiger partial charge in [0.2, 0.25) is 0 Å². The quantitative estimate of drug-likeness (QED) is 0.282.